The number of nitrogens with one attached hydrogen (secondary N) is 1. The Balaban J connectivity index is 1.83. The zero-order valence-electron chi connectivity index (χ0n) is 11.0. The van der Waals surface area contributed by atoms with E-state index in [2.05, 4.69) is 37.4 Å². The van der Waals surface area contributed by atoms with E-state index >= 15 is 0 Å². The number of hydrogen-bond donors (Lipinski definition) is 2. The predicted octanol–water partition coefficient (Wildman–Crippen LogP) is 3.23. The van der Waals surface area contributed by atoms with E-state index in [-0.39, 0.29) is 0 Å². The lowest BCUT2D eigenvalue weighted by molar-refractivity contribution is 0.339. The molecule has 0 bridgehead atoms. The highest BCUT2D eigenvalue weighted by molar-refractivity contribution is 5.48. The minimum atomic E-state index is 0.452. The molecule has 1 aromatic rings. The van der Waals surface area contributed by atoms with Crippen LogP contribution in [0.2, 0.25) is 0 Å². The lowest BCUT2D eigenvalue weighted by Crippen LogP contribution is -2.29. The van der Waals surface area contributed by atoms with E-state index in [1.54, 1.807) is 0 Å². The summed E-state index contributed by atoms with van der Waals surface area (Å²) in [7, 11) is 0. The van der Waals surface area contributed by atoms with Crippen LogP contribution in [0.4, 0.5) is 5.69 Å². The molecular weight excluding hydrogens is 208 g/mol. The van der Waals surface area contributed by atoms with Crippen LogP contribution in [0.1, 0.15) is 36.8 Å². The molecule has 0 spiro atoms. The summed E-state index contributed by atoms with van der Waals surface area (Å²) in [6, 6.07) is 7.06. The van der Waals surface area contributed by atoms with Gasteiger partial charge in [0.25, 0.3) is 0 Å². The van der Waals surface area contributed by atoms with Gasteiger partial charge in [0.05, 0.1) is 0 Å². The second-order valence-electron chi connectivity index (χ2n) is 5.46. The van der Waals surface area contributed by atoms with E-state index in [0.717, 1.165) is 12.5 Å². The Bertz CT molecular complexity index is 365. The zero-order chi connectivity index (χ0) is 12.3. The van der Waals surface area contributed by atoms with Crippen molar-refractivity contribution in [1.29, 1.82) is 0 Å². The Morgan fingerprint density at radius 1 is 1.12 bits per heavy atom. The Morgan fingerprint density at radius 3 is 2.47 bits per heavy atom. The molecule has 2 heteroatoms. The molecule has 0 aliphatic heterocycles. The van der Waals surface area contributed by atoms with E-state index in [1.807, 2.05) is 0 Å². The lowest BCUT2D eigenvalue weighted by Gasteiger charge is -2.26. The fraction of sp³-hybridized carbons (Fsp3) is 0.600. The first-order valence-corrected chi connectivity index (χ1v) is 6.72. The second kappa shape index (κ2) is 5.54. The van der Waals surface area contributed by atoms with Gasteiger partial charge in [0.1, 0.15) is 0 Å². The first kappa shape index (κ1) is 12.4. The topological polar surface area (TPSA) is 38.0 Å². The van der Waals surface area contributed by atoms with Crippen molar-refractivity contribution in [3.8, 4) is 0 Å². The highest BCUT2D eigenvalue weighted by atomic mass is 14.9. The Kier molecular flexibility index (Phi) is 4.06. The fourth-order valence-corrected chi connectivity index (χ4v) is 2.51. The third-order valence-electron chi connectivity index (χ3n) is 3.99. The molecule has 0 amide bonds. The number of anilines is 1. The molecule has 1 fully saturated rings. The van der Waals surface area contributed by atoms with E-state index in [1.165, 1.54) is 42.5 Å². The molecule has 0 unspecified atom stereocenters. The maximum absolute atomic E-state index is 5.92. The zero-order valence-corrected chi connectivity index (χ0v) is 11.0. The Labute approximate surface area is 105 Å². The van der Waals surface area contributed by atoms with Gasteiger partial charge in [-0.3, -0.25) is 0 Å². The quantitative estimate of drug-likeness (QED) is 0.839. The maximum Gasteiger partial charge on any atom is 0.0343 e. The van der Waals surface area contributed by atoms with Gasteiger partial charge in [0, 0.05) is 18.3 Å². The highest BCUT2D eigenvalue weighted by Crippen LogP contribution is 2.24. The standard InChI is InChI=1S/C15H24N2/c1-11-3-8-15(9-12(11)2)17-10-13-4-6-14(16)7-5-13/h3,8-9,13-14,17H,4-7,10,16H2,1-2H3. The molecule has 0 atom stereocenters. The average molecular weight is 232 g/mol. The van der Waals surface area contributed by atoms with Crippen molar-refractivity contribution < 1.29 is 0 Å². The van der Waals surface area contributed by atoms with Crippen LogP contribution in [-0.4, -0.2) is 12.6 Å². The van der Waals surface area contributed by atoms with Crippen LogP contribution in [-0.2, 0) is 0 Å². The molecule has 94 valence electrons. The van der Waals surface area contributed by atoms with Gasteiger partial charge in [0.2, 0.25) is 0 Å². The van der Waals surface area contributed by atoms with Crippen LogP contribution in [0.3, 0.4) is 0 Å². The molecule has 0 saturated heterocycles. The summed E-state index contributed by atoms with van der Waals surface area (Å²) in [6.45, 7) is 5.41. The molecule has 1 aromatic carbocycles. The predicted molar refractivity (Wildman–Crippen MR) is 74.3 cm³/mol. The van der Waals surface area contributed by atoms with Gasteiger partial charge in [-0.25, -0.2) is 0 Å². The van der Waals surface area contributed by atoms with Gasteiger partial charge < -0.3 is 11.1 Å². The molecule has 3 N–H and O–H groups in total. The second-order valence-corrected chi connectivity index (χ2v) is 5.46. The SMILES string of the molecule is Cc1ccc(NCC2CCC(N)CC2)cc1C. The third kappa shape index (κ3) is 3.47. The Morgan fingerprint density at radius 2 is 1.82 bits per heavy atom. The number of nitrogens with two attached hydrogens (primary N) is 1. The van der Waals surface area contributed by atoms with Gasteiger partial charge in [-0.2, -0.15) is 0 Å². The summed E-state index contributed by atoms with van der Waals surface area (Å²) in [5.41, 5.74) is 9.90. The van der Waals surface area contributed by atoms with Crippen LogP contribution in [0.5, 0.6) is 0 Å². The number of hydrogen-bond acceptors (Lipinski definition) is 2. The van der Waals surface area contributed by atoms with Crippen LogP contribution in [0.15, 0.2) is 18.2 Å². The molecule has 0 radical (unpaired) electrons. The number of benzene rings is 1. The number of aryl methyl sites for hydroxylation is 2. The van der Waals surface area contributed by atoms with Gasteiger partial charge in [-0.05, 0) is 68.7 Å². The van der Waals surface area contributed by atoms with Gasteiger partial charge >= 0.3 is 0 Å². The van der Waals surface area contributed by atoms with Crippen LogP contribution in [0, 0.1) is 19.8 Å². The molecule has 1 aliphatic carbocycles. The first-order chi connectivity index (χ1) is 8.15. The van der Waals surface area contributed by atoms with Crippen molar-refractivity contribution in [3.63, 3.8) is 0 Å². The van der Waals surface area contributed by atoms with Crippen LogP contribution in [0.25, 0.3) is 0 Å². The molecular formula is C15H24N2. The summed E-state index contributed by atoms with van der Waals surface area (Å²) >= 11 is 0. The molecule has 0 heterocycles. The van der Waals surface area contributed by atoms with E-state index in [4.69, 9.17) is 5.73 Å². The summed E-state index contributed by atoms with van der Waals surface area (Å²) < 4.78 is 0. The van der Waals surface area contributed by atoms with Crippen molar-refractivity contribution in [1.82, 2.24) is 0 Å². The average Bonchev–Trinajstić information content (AvgIpc) is 2.33. The van der Waals surface area contributed by atoms with Crippen LogP contribution >= 0.6 is 0 Å². The van der Waals surface area contributed by atoms with Gasteiger partial charge in [0.15, 0.2) is 0 Å². The summed E-state index contributed by atoms with van der Waals surface area (Å²) in [6.07, 6.45) is 4.94. The molecule has 1 aliphatic rings. The smallest absolute Gasteiger partial charge is 0.0343 e. The highest BCUT2D eigenvalue weighted by Gasteiger charge is 2.17. The van der Waals surface area contributed by atoms with Crippen LogP contribution < -0.4 is 11.1 Å². The third-order valence-corrected chi connectivity index (χ3v) is 3.99. The van der Waals surface area contributed by atoms with Crippen molar-refractivity contribution in [2.75, 3.05) is 11.9 Å². The van der Waals surface area contributed by atoms with Crippen molar-refractivity contribution in [3.05, 3.63) is 29.3 Å². The minimum Gasteiger partial charge on any atom is -0.385 e. The van der Waals surface area contributed by atoms with E-state index in [9.17, 15) is 0 Å². The lowest BCUT2D eigenvalue weighted by atomic mass is 9.86. The summed E-state index contributed by atoms with van der Waals surface area (Å²) in [5.74, 6) is 0.802. The van der Waals surface area contributed by atoms with Gasteiger partial charge in [-0.15, -0.1) is 0 Å². The van der Waals surface area contributed by atoms with E-state index < -0.39 is 0 Å². The molecule has 0 aromatic heterocycles. The molecule has 17 heavy (non-hydrogen) atoms. The maximum atomic E-state index is 5.92. The Hall–Kier alpha value is -1.02. The van der Waals surface area contributed by atoms with Crippen molar-refractivity contribution in [2.24, 2.45) is 11.7 Å². The molecule has 2 nitrogen and oxygen atoms in total. The van der Waals surface area contributed by atoms with Crippen molar-refractivity contribution >= 4 is 5.69 Å². The van der Waals surface area contributed by atoms with Crippen molar-refractivity contribution in [2.45, 2.75) is 45.6 Å². The summed E-state index contributed by atoms with van der Waals surface area (Å²) in [4.78, 5) is 0. The number of rotatable bonds is 3. The molecule has 2 rings (SSSR count). The first-order valence-electron chi connectivity index (χ1n) is 6.72. The normalized spacial score (nSPS) is 24.6. The fourth-order valence-electron chi connectivity index (χ4n) is 2.51. The minimum absolute atomic E-state index is 0.452. The summed E-state index contributed by atoms with van der Waals surface area (Å²) in [5, 5.41) is 3.56. The monoisotopic (exact) mass is 232 g/mol. The largest absolute Gasteiger partial charge is 0.385 e. The van der Waals surface area contributed by atoms with Gasteiger partial charge in [-0.1, -0.05) is 6.07 Å². The molecule has 1 saturated carbocycles. The van der Waals surface area contributed by atoms with E-state index in [0.29, 0.717) is 6.04 Å².